The molecule has 3 saturated heterocycles. The van der Waals surface area contributed by atoms with Gasteiger partial charge in [0.1, 0.15) is 6.10 Å². The summed E-state index contributed by atoms with van der Waals surface area (Å²) >= 11 is 0. The van der Waals surface area contributed by atoms with Crippen LogP contribution < -0.4 is 0 Å². The Labute approximate surface area is 99.6 Å². The van der Waals surface area contributed by atoms with Crippen LogP contribution in [-0.2, 0) is 13.9 Å². The Morgan fingerprint density at radius 2 is 2.06 bits per heavy atom. The summed E-state index contributed by atoms with van der Waals surface area (Å²) in [5, 5.41) is 3.29. The lowest BCUT2D eigenvalue weighted by atomic mass is 9.86. The van der Waals surface area contributed by atoms with Gasteiger partial charge in [0.25, 0.3) is 0 Å². The maximum absolute atomic E-state index is 10.5. The van der Waals surface area contributed by atoms with Crippen molar-refractivity contribution < 1.29 is 23.7 Å². The topological polar surface area (TPSA) is 91.6 Å². The largest absolute Gasteiger partial charge is 0.545 e. The average Bonchev–Trinajstić information content (AvgIpc) is 2.27. The van der Waals surface area contributed by atoms with Crippen LogP contribution in [0, 0.1) is 5.92 Å². The first-order chi connectivity index (χ1) is 7.94. The summed E-state index contributed by atoms with van der Waals surface area (Å²) in [6.07, 6.45) is 2.27. The lowest BCUT2D eigenvalue weighted by molar-refractivity contribution is -0.0169. The van der Waals surface area contributed by atoms with Crippen LogP contribution in [0.2, 0.25) is 0 Å². The highest BCUT2D eigenvalue weighted by atomic mass is 31.2. The number of phosphoric acid groups is 1. The molecule has 3 aliphatic heterocycles. The van der Waals surface area contributed by atoms with Gasteiger partial charge in [-0.3, -0.25) is 19.3 Å². The van der Waals surface area contributed by atoms with Crippen LogP contribution in [0.4, 0.5) is 0 Å². The van der Waals surface area contributed by atoms with Crippen LogP contribution in [-0.4, -0.2) is 46.3 Å². The molecule has 0 aromatic carbocycles. The van der Waals surface area contributed by atoms with Gasteiger partial charge in [-0.1, -0.05) is 0 Å². The molecule has 0 saturated carbocycles. The highest BCUT2D eigenvalue weighted by molar-refractivity contribution is 7.46. The average molecular weight is 264 g/mol. The van der Waals surface area contributed by atoms with Crippen molar-refractivity contribution in [2.24, 2.45) is 11.1 Å². The van der Waals surface area contributed by atoms with E-state index in [4.69, 9.17) is 14.5 Å². The molecule has 0 amide bonds. The first kappa shape index (κ1) is 12.8. The Morgan fingerprint density at radius 1 is 1.41 bits per heavy atom. The van der Waals surface area contributed by atoms with Crippen molar-refractivity contribution in [2.45, 2.75) is 25.9 Å². The number of nitrogens with zero attached hydrogens (tertiary/aromatic N) is 2. The summed E-state index contributed by atoms with van der Waals surface area (Å²) in [7, 11) is -4.56. The van der Waals surface area contributed by atoms with Gasteiger partial charge in [-0.15, -0.1) is 0 Å². The standard InChI is InChI=1S/C9H17N2O5P/c1-7(10-16-17(12,13)14)15-9-6-11-4-2-8(9)3-5-11/h8-9H,2-6H2,1H3,(H2,12,13,14). The highest BCUT2D eigenvalue weighted by Gasteiger charge is 2.35. The van der Waals surface area contributed by atoms with Gasteiger partial charge in [0.05, 0.1) is 0 Å². The van der Waals surface area contributed by atoms with E-state index >= 15 is 0 Å². The number of rotatable bonds is 3. The van der Waals surface area contributed by atoms with Crippen LogP contribution in [0.25, 0.3) is 0 Å². The minimum absolute atomic E-state index is 0.0571. The van der Waals surface area contributed by atoms with Gasteiger partial charge in [-0.2, -0.15) is 0 Å². The lowest BCUT2D eigenvalue weighted by Crippen LogP contribution is -2.51. The predicted octanol–water partition coefficient (Wildman–Crippen LogP) is 0.540. The molecule has 3 aliphatic rings. The van der Waals surface area contributed by atoms with Crippen LogP contribution in [0.1, 0.15) is 19.8 Å². The number of hydrogen-bond donors (Lipinski definition) is 2. The van der Waals surface area contributed by atoms with E-state index in [0.717, 1.165) is 32.5 Å². The Bertz CT molecular complexity index is 347. The molecule has 3 fully saturated rings. The third-order valence-corrected chi connectivity index (χ3v) is 3.49. The summed E-state index contributed by atoms with van der Waals surface area (Å²) in [6, 6.07) is 0. The van der Waals surface area contributed by atoms with Gasteiger partial charge in [-0.25, -0.2) is 4.57 Å². The van der Waals surface area contributed by atoms with Crippen molar-refractivity contribution >= 4 is 13.7 Å². The van der Waals surface area contributed by atoms with Gasteiger partial charge in [0.2, 0.25) is 5.90 Å². The molecule has 0 aliphatic carbocycles. The van der Waals surface area contributed by atoms with E-state index in [1.807, 2.05) is 0 Å². The van der Waals surface area contributed by atoms with E-state index < -0.39 is 7.82 Å². The second kappa shape index (κ2) is 4.94. The van der Waals surface area contributed by atoms with Crippen molar-refractivity contribution in [2.75, 3.05) is 19.6 Å². The molecule has 0 aromatic heterocycles. The maximum Gasteiger partial charge on any atom is 0.545 e. The summed E-state index contributed by atoms with van der Waals surface area (Å²) in [5.74, 6) is 0.673. The molecular weight excluding hydrogens is 247 g/mol. The number of ether oxygens (including phenoxy) is 1. The predicted molar refractivity (Wildman–Crippen MR) is 60.3 cm³/mol. The zero-order valence-electron chi connectivity index (χ0n) is 9.65. The molecule has 1 unspecified atom stereocenters. The smallest absolute Gasteiger partial charge is 0.474 e. The molecule has 17 heavy (non-hydrogen) atoms. The molecular formula is C9H17N2O5P. The Kier molecular flexibility index (Phi) is 3.73. The maximum atomic E-state index is 10.5. The summed E-state index contributed by atoms with van der Waals surface area (Å²) in [5.41, 5.74) is 0. The number of oxime groups is 1. The third kappa shape index (κ3) is 3.67. The van der Waals surface area contributed by atoms with Crippen molar-refractivity contribution in [1.82, 2.24) is 4.90 Å². The van der Waals surface area contributed by atoms with Crippen molar-refractivity contribution in [1.29, 1.82) is 0 Å². The van der Waals surface area contributed by atoms with Crippen molar-refractivity contribution in [3.05, 3.63) is 0 Å². The Morgan fingerprint density at radius 3 is 2.53 bits per heavy atom. The second-order valence-electron chi connectivity index (χ2n) is 4.48. The lowest BCUT2D eigenvalue weighted by Gasteiger charge is -2.44. The molecule has 0 aromatic rings. The van der Waals surface area contributed by atoms with E-state index in [9.17, 15) is 4.57 Å². The third-order valence-electron chi connectivity index (χ3n) is 3.19. The molecule has 3 heterocycles. The fourth-order valence-electron chi connectivity index (χ4n) is 2.40. The molecule has 2 N–H and O–H groups in total. The van der Waals surface area contributed by atoms with Crippen LogP contribution in [0.5, 0.6) is 0 Å². The summed E-state index contributed by atoms with van der Waals surface area (Å²) in [6.45, 7) is 4.61. The minimum Gasteiger partial charge on any atom is -0.474 e. The quantitative estimate of drug-likeness (QED) is 0.334. The van der Waals surface area contributed by atoms with Crippen molar-refractivity contribution in [3.8, 4) is 0 Å². The molecule has 98 valence electrons. The number of piperidine rings is 3. The fraction of sp³-hybridized carbons (Fsp3) is 0.889. The summed E-state index contributed by atoms with van der Waals surface area (Å²) < 4.78 is 20.0. The van der Waals surface area contributed by atoms with Crippen LogP contribution >= 0.6 is 7.82 Å². The van der Waals surface area contributed by atoms with E-state index in [-0.39, 0.29) is 12.0 Å². The SMILES string of the molecule is CC(=NOP(=O)(O)O)OC1CN2CCC1CC2. The highest BCUT2D eigenvalue weighted by Crippen LogP contribution is 2.36. The summed E-state index contributed by atoms with van der Waals surface area (Å²) in [4.78, 5) is 19.3. The molecule has 2 bridgehead atoms. The number of fused-ring (bicyclic) bond motifs is 3. The Balaban J connectivity index is 1.86. The zero-order chi connectivity index (χ0) is 12.5. The molecule has 1 atom stereocenters. The van der Waals surface area contributed by atoms with Gasteiger partial charge in [0, 0.05) is 13.5 Å². The monoisotopic (exact) mass is 264 g/mol. The molecule has 7 nitrogen and oxygen atoms in total. The first-order valence-electron chi connectivity index (χ1n) is 5.62. The van der Waals surface area contributed by atoms with E-state index in [2.05, 4.69) is 14.7 Å². The Hall–Kier alpha value is -0.620. The van der Waals surface area contributed by atoms with Gasteiger partial charge < -0.3 is 4.74 Å². The first-order valence-corrected chi connectivity index (χ1v) is 7.15. The molecule has 3 rings (SSSR count). The molecule has 0 spiro atoms. The number of hydrogen-bond acceptors (Lipinski definition) is 5. The normalized spacial score (nSPS) is 33.6. The van der Waals surface area contributed by atoms with Crippen molar-refractivity contribution in [3.63, 3.8) is 0 Å². The van der Waals surface area contributed by atoms with Gasteiger partial charge in [-0.05, 0) is 37.0 Å². The van der Waals surface area contributed by atoms with E-state index in [1.165, 1.54) is 6.92 Å². The van der Waals surface area contributed by atoms with E-state index in [0.29, 0.717) is 5.92 Å². The zero-order valence-corrected chi connectivity index (χ0v) is 10.5. The molecule has 8 heteroatoms. The van der Waals surface area contributed by atoms with E-state index in [1.54, 1.807) is 0 Å². The molecule has 0 radical (unpaired) electrons. The van der Waals surface area contributed by atoms with Crippen LogP contribution in [0.15, 0.2) is 5.16 Å². The fourth-order valence-corrected chi connectivity index (χ4v) is 2.62. The van der Waals surface area contributed by atoms with Gasteiger partial charge >= 0.3 is 7.82 Å². The van der Waals surface area contributed by atoms with Gasteiger partial charge in [0.15, 0.2) is 0 Å². The minimum atomic E-state index is -4.56. The van der Waals surface area contributed by atoms with Crippen LogP contribution in [0.3, 0.4) is 0 Å². The second-order valence-corrected chi connectivity index (χ2v) is 5.62.